The highest BCUT2D eigenvalue weighted by Gasteiger charge is 2.76. The van der Waals surface area contributed by atoms with E-state index in [1.807, 2.05) is 0 Å². The summed E-state index contributed by atoms with van der Waals surface area (Å²) in [5.74, 6) is -5.63. The highest BCUT2D eigenvalue weighted by Crippen LogP contribution is 2.69. The van der Waals surface area contributed by atoms with Gasteiger partial charge < -0.3 is 70.0 Å². The van der Waals surface area contributed by atoms with Gasteiger partial charge in [0.15, 0.2) is 29.1 Å². The number of carbonyl (C=O) groups excluding carboxylic acids is 2. The summed E-state index contributed by atoms with van der Waals surface area (Å²) in [6.07, 6.45) is -13.3. The molecule has 282 valence electrons. The number of aliphatic hydroxyl groups is 10. The number of hydrogen-bond donors (Lipinski definition) is 10. The van der Waals surface area contributed by atoms with Crippen molar-refractivity contribution in [2.24, 2.45) is 22.7 Å². The van der Waals surface area contributed by atoms with Gasteiger partial charge in [0, 0.05) is 16.7 Å². The lowest BCUT2D eigenvalue weighted by atomic mass is 9.44. The number of allylic oxidation sites excluding steroid dienone is 4. The zero-order chi connectivity index (χ0) is 36.8. The molecule has 0 aromatic carbocycles. The van der Waals surface area contributed by atoms with E-state index >= 15 is 4.39 Å². The number of aliphatic hydroxyl groups excluding tert-OH is 9. The quantitative estimate of drug-likeness (QED) is 0.110. The van der Waals surface area contributed by atoms with Crippen LogP contribution in [0.2, 0.25) is 0 Å². The minimum atomic E-state index is -2.60. The van der Waals surface area contributed by atoms with E-state index < -0.39 is 140 Å². The first-order chi connectivity index (χ1) is 23.4. The van der Waals surface area contributed by atoms with Crippen LogP contribution in [0.1, 0.15) is 39.5 Å². The van der Waals surface area contributed by atoms with Crippen molar-refractivity contribution < 1.29 is 84.0 Å². The fourth-order valence-corrected chi connectivity index (χ4v) is 9.81. The van der Waals surface area contributed by atoms with Crippen LogP contribution in [0.25, 0.3) is 0 Å². The molecule has 0 bridgehead atoms. The first kappa shape index (κ1) is 37.9. The van der Waals surface area contributed by atoms with E-state index in [-0.39, 0.29) is 18.6 Å². The Bertz CT molecular complexity index is 1410. The van der Waals surface area contributed by atoms with Crippen molar-refractivity contribution in [1.29, 1.82) is 0 Å². The zero-order valence-corrected chi connectivity index (χ0v) is 27.6. The second-order valence-electron chi connectivity index (χ2n) is 15.0. The number of ether oxygens (including phenoxy) is 4. The Hall–Kier alpha value is -1.81. The molecule has 17 heteroatoms. The van der Waals surface area contributed by atoms with Gasteiger partial charge in [-0.1, -0.05) is 18.6 Å². The normalized spacial score (nSPS) is 53.1. The molecule has 0 aromatic heterocycles. The van der Waals surface area contributed by atoms with Gasteiger partial charge in [0.1, 0.15) is 55.9 Å². The molecule has 1 unspecified atom stereocenters. The van der Waals surface area contributed by atoms with Crippen LogP contribution in [0.3, 0.4) is 0 Å². The lowest BCUT2D eigenvalue weighted by Crippen LogP contribution is -2.70. The molecule has 17 atom stereocenters. The number of carbonyl (C=O) groups is 2. The van der Waals surface area contributed by atoms with Crippen LogP contribution in [0, 0.1) is 22.7 Å². The molecule has 6 aliphatic rings. The number of ketones is 2. The number of Topliss-reactive ketones (excluding diaryl/α,β-unsaturated/α-hetero) is 1. The minimum absolute atomic E-state index is 0.176. The van der Waals surface area contributed by atoms with E-state index in [4.69, 9.17) is 18.9 Å². The second kappa shape index (κ2) is 12.9. The molecule has 16 nitrogen and oxygen atoms in total. The highest BCUT2D eigenvalue weighted by molar-refractivity contribution is 6.01. The monoisotopic (exact) mass is 718 g/mol. The van der Waals surface area contributed by atoms with Gasteiger partial charge in [-0.25, -0.2) is 4.39 Å². The van der Waals surface area contributed by atoms with Crippen molar-refractivity contribution >= 4 is 11.6 Å². The van der Waals surface area contributed by atoms with Crippen molar-refractivity contribution in [2.75, 3.05) is 26.4 Å². The van der Waals surface area contributed by atoms with Gasteiger partial charge in [-0.05, 0) is 50.7 Å². The Balaban J connectivity index is 1.21. The standard InChI is InChI=1S/C33H47FO16/c1-29-6-5-15(38)7-14(29)3-4-16-17-8-20(39)33(46,30(17,2)9-21(40)32(16,29)34)22(41)12-47-31(13-37)27(45)26(19(11-36)50-31)49-28-25(44)24(43)23(42)18(10-35)48-28/h5-7,16-21,23-28,35-37,39-40,42-46H,3-4,8-13H2,1-2H3/t16-,17-,18+,19+,20+,21-,23-,24-,25+,26+,27-,28-,29-,30-,31?,32-,33-/m0/s1. The van der Waals surface area contributed by atoms with Crippen LogP contribution in [0.5, 0.6) is 0 Å². The summed E-state index contributed by atoms with van der Waals surface area (Å²) in [5.41, 5.74) is -7.28. The van der Waals surface area contributed by atoms with Crippen molar-refractivity contribution in [3.8, 4) is 0 Å². The molecular formula is C33H47FO16. The Morgan fingerprint density at radius 1 is 0.980 bits per heavy atom. The maximum atomic E-state index is 17.4. The van der Waals surface area contributed by atoms with Crippen LogP contribution in [-0.4, -0.2) is 167 Å². The largest absolute Gasteiger partial charge is 0.394 e. The molecule has 0 radical (unpaired) electrons. The third-order valence-corrected chi connectivity index (χ3v) is 12.8. The highest BCUT2D eigenvalue weighted by atomic mass is 19.1. The Morgan fingerprint density at radius 2 is 1.66 bits per heavy atom. The first-order valence-electron chi connectivity index (χ1n) is 16.8. The average Bonchev–Trinajstić information content (AvgIpc) is 3.47. The predicted octanol–water partition coefficient (Wildman–Crippen LogP) is -3.73. The number of fused-ring (bicyclic) bond motifs is 5. The molecule has 4 aliphatic carbocycles. The molecule has 0 amide bonds. The second-order valence-corrected chi connectivity index (χ2v) is 15.0. The fraction of sp³-hybridized carbons (Fsp3) is 0.818. The van der Waals surface area contributed by atoms with Gasteiger partial charge in [0.05, 0.1) is 25.4 Å². The van der Waals surface area contributed by atoms with E-state index in [0.29, 0.717) is 12.0 Å². The van der Waals surface area contributed by atoms with E-state index in [2.05, 4.69) is 0 Å². The fourth-order valence-electron chi connectivity index (χ4n) is 9.81. The number of rotatable bonds is 9. The maximum Gasteiger partial charge on any atom is 0.222 e. The number of hydrogen-bond acceptors (Lipinski definition) is 16. The van der Waals surface area contributed by atoms with Gasteiger partial charge in [-0.3, -0.25) is 9.59 Å². The van der Waals surface area contributed by atoms with Crippen LogP contribution in [0.15, 0.2) is 23.8 Å². The van der Waals surface area contributed by atoms with Crippen molar-refractivity contribution in [1.82, 2.24) is 0 Å². The smallest absolute Gasteiger partial charge is 0.222 e. The molecule has 6 rings (SSSR count). The molecule has 2 heterocycles. The summed E-state index contributed by atoms with van der Waals surface area (Å²) >= 11 is 0. The summed E-state index contributed by atoms with van der Waals surface area (Å²) in [6.45, 7) is -0.774. The summed E-state index contributed by atoms with van der Waals surface area (Å²) in [6, 6.07) is 0. The minimum Gasteiger partial charge on any atom is -0.394 e. The first-order valence-corrected chi connectivity index (χ1v) is 16.8. The van der Waals surface area contributed by atoms with Crippen LogP contribution in [-0.2, 0) is 28.5 Å². The van der Waals surface area contributed by atoms with Crippen LogP contribution < -0.4 is 0 Å². The molecule has 5 fully saturated rings. The van der Waals surface area contributed by atoms with Gasteiger partial charge in [0.25, 0.3) is 0 Å². The van der Waals surface area contributed by atoms with Gasteiger partial charge in [0.2, 0.25) is 5.79 Å². The molecule has 50 heavy (non-hydrogen) atoms. The van der Waals surface area contributed by atoms with Crippen molar-refractivity contribution in [3.05, 3.63) is 23.8 Å². The molecule has 0 aromatic rings. The predicted molar refractivity (Wildman–Crippen MR) is 162 cm³/mol. The van der Waals surface area contributed by atoms with Gasteiger partial charge in [-0.15, -0.1) is 0 Å². The zero-order valence-electron chi connectivity index (χ0n) is 27.6. The summed E-state index contributed by atoms with van der Waals surface area (Å²) in [4.78, 5) is 26.1. The van der Waals surface area contributed by atoms with Crippen LogP contribution in [0.4, 0.5) is 4.39 Å². The Labute approximate surface area is 286 Å². The topological polar surface area (TPSA) is 273 Å². The molecule has 3 saturated carbocycles. The molecule has 2 saturated heterocycles. The summed E-state index contributed by atoms with van der Waals surface area (Å²) < 4.78 is 39.6. The summed E-state index contributed by atoms with van der Waals surface area (Å²) in [5, 5.41) is 107. The SMILES string of the molecule is C[C@]12C=CC(=O)C=C1CC[C@H]1[C@@H]3C[C@@H](O)[C@](O)(C(=O)COC4(CO)O[C@H](CO)[C@@H](O[C@@H]5O[C@H](CO)[C@H](O)[C@H](O)[C@H]5O)[C@@H]4O)[C@@]3(C)C[C@H](O)[C@@]12F. The lowest BCUT2D eigenvalue weighted by Gasteiger charge is -2.62. The van der Waals surface area contributed by atoms with E-state index in [1.54, 1.807) is 6.92 Å². The Morgan fingerprint density at radius 3 is 2.30 bits per heavy atom. The van der Waals surface area contributed by atoms with Crippen molar-refractivity contribution in [3.63, 3.8) is 0 Å². The van der Waals surface area contributed by atoms with E-state index in [0.717, 1.165) is 0 Å². The third-order valence-electron chi connectivity index (χ3n) is 12.8. The third kappa shape index (κ3) is 5.09. The van der Waals surface area contributed by atoms with Crippen molar-refractivity contribution in [2.45, 2.75) is 118 Å². The number of alkyl halides is 1. The molecular weight excluding hydrogens is 671 g/mol. The Kier molecular flexibility index (Phi) is 9.82. The van der Waals surface area contributed by atoms with Gasteiger partial charge in [-0.2, -0.15) is 0 Å². The van der Waals surface area contributed by atoms with Crippen LogP contribution >= 0.6 is 0 Å². The van der Waals surface area contributed by atoms with E-state index in [1.165, 1.54) is 25.2 Å². The lowest BCUT2D eigenvalue weighted by molar-refractivity contribution is -0.319. The number of halogens is 1. The molecule has 2 aliphatic heterocycles. The maximum absolute atomic E-state index is 17.4. The average molecular weight is 719 g/mol. The summed E-state index contributed by atoms with van der Waals surface area (Å²) in [7, 11) is 0. The molecule has 0 spiro atoms. The molecule has 10 N–H and O–H groups in total. The van der Waals surface area contributed by atoms with E-state index in [9.17, 15) is 60.7 Å². The van der Waals surface area contributed by atoms with Gasteiger partial charge >= 0.3 is 0 Å².